The zero-order chi connectivity index (χ0) is 16.6. The van der Waals surface area contributed by atoms with Crippen LogP contribution in [0.5, 0.6) is 0 Å². The van der Waals surface area contributed by atoms with E-state index in [0.29, 0.717) is 25.5 Å². The molecule has 126 valence electrons. The summed E-state index contributed by atoms with van der Waals surface area (Å²) in [7, 11) is 1.64. The van der Waals surface area contributed by atoms with E-state index >= 15 is 0 Å². The number of aromatic nitrogens is 1. The summed E-state index contributed by atoms with van der Waals surface area (Å²) in [5.74, 6) is 0.598. The first-order valence-electron chi connectivity index (χ1n) is 6.83. The third-order valence-corrected chi connectivity index (χ3v) is 3.74. The molecule has 0 fully saturated rings. The van der Waals surface area contributed by atoms with Crippen molar-refractivity contribution in [2.45, 2.75) is 33.0 Å². The highest BCUT2D eigenvalue weighted by molar-refractivity contribution is 7.11. The highest BCUT2D eigenvalue weighted by Gasteiger charge is 2.27. The van der Waals surface area contributed by atoms with E-state index in [-0.39, 0.29) is 6.61 Å². The fourth-order valence-corrected chi connectivity index (χ4v) is 2.57. The first-order valence-corrected chi connectivity index (χ1v) is 7.65. The van der Waals surface area contributed by atoms with Gasteiger partial charge in [0.1, 0.15) is 6.61 Å². The molecule has 0 aliphatic rings. The molecule has 0 aliphatic heterocycles. The molecule has 0 bridgehead atoms. The minimum absolute atomic E-state index is 0.0522. The molecule has 0 aromatic carbocycles. The lowest BCUT2D eigenvalue weighted by molar-refractivity contribution is -0.173. The highest BCUT2D eigenvalue weighted by Crippen LogP contribution is 2.16. The van der Waals surface area contributed by atoms with Gasteiger partial charge in [-0.25, -0.2) is 4.98 Å². The van der Waals surface area contributed by atoms with E-state index in [1.54, 1.807) is 18.4 Å². The molecular formula is C13H21F3N4OS. The SMILES string of the molecule is CN=C(NCCCOCC(F)(F)F)NCc1sc(C)nc1C. The first-order chi connectivity index (χ1) is 10.3. The van der Waals surface area contributed by atoms with Crippen molar-refractivity contribution in [3.63, 3.8) is 0 Å². The van der Waals surface area contributed by atoms with E-state index in [0.717, 1.165) is 15.6 Å². The van der Waals surface area contributed by atoms with Gasteiger partial charge in [0.15, 0.2) is 5.96 Å². The molecule has 0 spiro atoms. The van der Waals surface area contributed by atoms with Crippen LogP contribution in [0.4, 0.5) is 13.2 Å². The molecule has 1 rings (SSSR count). The summed E-state index contributed by atoms with van der Waals surface area (Å²) in [5, 5.41) is 7.18. The summed E-state index contributed by atoms with van der Waals surface area (Å²) in [6.45, 7) is 3.85. The van der Waals surface area contributed by atoms with E-state index in [1.807, 2.05) is 13.8 Å². The predicted octanol–water partition coefficient (Wildman–Crippen LogP) is 2.39. The van der Waals surface area contributed by atoms with Gasteiger partial charge in [-0.05, 0) is 20.3 Å². The van der Waals surface area contributed by atoms with Gasteiger partial charge in [0.25, 0.3) is 0 Å². The summed E-state index contributed by atoms with van der Waals surface area (Å²) in [4.78, 5) is 9.53. The topological polar surface area (TPSA) is 58.5 Å². The quantitative estimate of drug-likeness (QED) is 0.455. The number of ether oxygens (including phenoxy) is 1. The molecule has 1 aromatic rings. The molecule has 0 radical (unpaired) electrons. The van der Waals surface area contributed by atoms with Gasteiger partial charge < -0.3 is 15.4 Å². The van der Waals surface area contributed by atoms with Gasteiger partial charge in [0.2, 0.25) is 0 Å². The molecule has 22 heavy (non-hydrogen) atoms. The molecule has 5 nitrogen and oxygen atoms in total. The van der Waals surface area contributed by atoms with Crippen LogP contribution in [0.15, 0.2) is 4.99 Å². The third-order valence-electron chi connectivity index (χ3n) is 2.66. The van der Waals surface area contributed by atoms with Crippen LogP contribution in [0.3, 0.4) is 0 Å². The largest absolute Gasteiger partial charge is 0.411 e. The molecule has 0 atom stereocenters. The van der Waals surface area contributed by atoms with Crippen LogP contribution < -0.4 is 10.6 Å². The Kier molecular flexibility index (Phi) is 7.60. The van der Waals surface area contributed by atoms with E-state index in [2.05, 4.69) is 25.3 Å². The average molecular weight is 338 g/mol. The fraction of sp³-hybridized carbons (Fsp3) is 0.692. The number of halogens is 3. The normalized spacial score (nSPS) is 12.5. The maximum Gasteiger partial charge on any atom is 0.411 e. The predicted molar refractivity (Wildman–Crippen MR) is 81.3 cm³/mol. The summed E-state index contributed by atoms with van der Waals surface area (Å²) < 4.78 is 40.1. The molecule has 0 saturated carbocycles. The second-order valence-electron chi connectivity index (χ2n) is 4.62. The summed E-state index contributed by atoms with van der Waals surface area (Å²) >= 11 is 1.62. The standard InChI is InChI=1S/C13H21F3N4OS/c1-9-11(22-10(2)20-9)7-19-12(17-3)18-5-4-6-21-8-13(14,15)16/h4-8H2,1-3H3,(H2,17,18,19). The molecule has 0 aliphatic carbocycles. The molecule has 0 amide bonds. The van der Waals surface area contributed by atoms with Crippen molar-refractivity contribution in [2.24, 2.45) is 4.99 Å². The van der Waals surface area contributed by atoms with Crippen LogP contribution in [-0.4, -0.2) is 43.9 Å². The Balaban J connectivity index is 2.19. The number of nitrogens with zero attached hydrogens (tertiary/aromatic N) is 2. The maximum absolute atomic E-state index is 11.9. The third kappa shape index (κ3) is 7.60. The number of hydrogen-bond acceptors (Lipinski definition) is 4. The van der Waals surface area contributed by atoms with Crippen LogP contribution >= 0.6 is 11.3 Å². The highest BCUT2D eigenvalue weighted by atomic mass is 32.1. The zero-order valence-corrected chi connectivity index (χ0v) is 13.7. The van der Waals surface area contributed by atoms with Gasteiger partial charge in [-0.15, -0.1) is 11.3 Å². The Morgan fingerprint density at radius 1 is 1.32 bits per heavy atom. The van der Waals surface area contributed by atoms with E-state index in [1.165, 1.54) is 0 Å². The second-order valence-corrected chi connectivity index (χ2v) is 5.90. The number of rotatable bonds is 7. The van der Waals surface area contributed by atoms with Gasteiger partial charge in [-0.1, -0.05) is 0 Å². The molecule has 9 heteroatoms. The summed E-state index contributed by atoms with van der Waals surface area (Å²) in [6.07, 6.45) is -3.80. The summed E-state index contributed by atoms with van der Waals surface area (Å²) in [5.41, 5.74) is 0.992. The van der Waals surface area contributed by atoms with Crippen LogP contribution in [-0.2, 0) is 11.3 Å². The van der Waals surface area contributed by atoms with Gasteiger partial charge in [-0.2, -0.15) is 13.2 Å². The molecule has 0 saturated heterocycles. The Hall–Kier alpha value is -1.35. The van der Waals surface area contributed by atoms with Crippen molar-refractivity contribution in [1.29, 1.82) is 0 Å². The van der Waals surface area contributed by atoms with E-state index in [4.69, 9.17) is 0 Å². The van der Waals surface area contributed by atoms with E-state index < -0.39 is 12.8 Å². The first kappa shape index (κ1) is 18.7. The van der Waals surface area contributed by atoms with Crippen LogP contribution in [0.25, 0.3) is 0 Å². The summed E-state index contributed by atoms with van der Waals surface area (Å²) in [6, 6.07) is 0. The lowest BCUT2D eigenvalue weighted by Crippen LogP contribution is -2.37. The number of guanidine groups is 1. The Morgan fingerprint density at radius 3 is 2.59 bits per heavy atom. The Morgan fingerprint density at radius 2 is 2.05 bits per heavy atom. The smallest absolute Gasteiger partial charge is 0.372 e. The van der Waals surface area contributed by atoms with Crippen molar-refractivity contribution in [3.8, 4) is 0 Å². The van der Waals surface area contributed by atoms with E-state index in [9.17, 15) is 13.2 Å². The number of aryl methyl sites for hydroxylation is 2. The van der Waals surface area contributed by atoms with Crippen LogP contribution in [0.1, 0.15) is 22.0 Å². The average Bonchev–Trinajstić information content (AvgIpc) is 2.74. The molecule has 1 aromatic heterocycles. The van der Waals surface area contributed by atoms with Crippen molar-refractivity contribution in [1.82, 2.24) is 15.6 Å². The van der Waals surface area contributed by atoms with Crippen molar-refractivity contribution >= 4 is 17.3 Å². The Bertz CT molecular complexity index is 488. The minimum Gasteiger partial charge on any atom is -0.372 e. The monoisotopic (exact) mass is 338 g/mol. The zero-order valence-electron chi connectivity index (χ0n) is 12.9. The van der Waals surface area contributed by atoms with Crippen molar-refractivity contribution < 1.29 is 17.9 Å². The van der Waals surface area contributed by atoms with Gasteiger partial charge >= 0.3 is 6.18 Å². The lowest BCUT2D eigenvalue weighted by atomic mass is 10.4. The van der Waals surface area contributed by atoms with Crippen molar-refractivity contribution in [2.75, 3.05) is 26.8 Å². The number of thiazole rings is 1. The van der Waals surface area contributed by atoms with Crippen LogP contribution in [0, 0.1) is 13.8 Å². The number of nitrogens with one attached hydrogen (secondary N) is 2. The number of alkyl halides is 3. The number of aliphatic imine (C=N–C) groups is 1. The minimum atomic E-state index is -4.27. The molecule has 1 heterocycles. The van der Waals surface area contributed by atoms with Gasteiger partial charge in [-0.3, -0.25) is 4.99 Å². The number of hydrogen-bond donors (Lipinski definition) is 2. The maximum atomic E-state index is 11.9. The molecular weight excluding hydrogens is 317 g/mol. The van der Waals surface area contributed by atoms with Crippen LogP contribution in [0.2, 0.25) is 0 Å². The Labute approximate surface area is 132 Å². The lowest BCUT2D eigenvalue weighted by Gasteiger charge is -2.12. The van der Waals surface area contributed by atoms with Crippen molar-refractivity contribution in [3.05, 3.63) is 15.6 Å². The van der Waals surface area contributed by atoms with Gasteiger partial charge in [0, 0.05) is 25.1 Å². The van der Waals surface area contributed by atoms with Gasteiger partial charge in [0.05, 0.1) is 17.2 Å². The molecule has 0 unspecified atom stereocenters. The molecule has 2 N–H and O–H groups in total. The fourth-order valence-electron chi connectivity index (χ4n) is 1.69. The second kappa shape index (κ2) is 8.94.